The molecule has 1 aromatic rings. The van der Waals surface area contributed by atoms with Crippen molar-refractivity contribution in [3.8, 4) is 0 Å². The van der Waals surface area contributed by atoms with Gasteiger partial charge in [-0.3, -0.25) is 4.79 Å². The molecule has 2 saturated heterocycles. The van der Waals surface area contributed by atoms with E-state index >= 15 is 0 Å². The highest BCUT2D eigenvalue weighted by molar-refractivity contribution is 5.92. The van der Waals surface area contributed by atoms with Crippen molar-refractivity contribution in [3.63, 3.8) is 0 Å². The standard InChI is InChI=1S/C17H22N2O.ClH/c20-16(17(9-10-17)13-4-2-1-3-5-13)19-14-6-7-15(19)12-18-11-8-14;/h1-5,14-15,18H,6-12H2;1H. The molecule has 3 fully saturated rings. The maximum absolute atomic E-state index is 13.2. The van der Waals surface area contributed by atoms with Crippen LogP contribution < -0.4 is 5.32 Å². The van der Waals surface area contributed by atoms with Crippen LogP contribution in [0.25, 0.3) is 0 Å². The molecule has 1 N–H and O–H groups in total. The van der Waals surface area contributed by atoms with E-state index in [2.05, 4.69) is 34.5 Å². The van der Waals surface area contributed by atoms with Gasteiger partial charge in [0.05, 0.1) is 5.41 Å². The molecule has 1 amide bonds. The van der Waals surface area contributed by atoms with Crippen molar-refractivity contribution in [2.45, 2.75) is 49.6 Å². The highest BCUT2D eigenvalue weighted by Crippen LogP contribution is 2.51. The first kappa shape index (κ1) is 14.9. The Balaban J connectivity index is 0.00000132. The summed E-state index contributed by atoms with van der Waals surface area (Å²) in [6.07, 6.45) is 5.54. The lowest BCUT2D eigenvalue weighted by atomic mass is 9.93. The van der Waals surface area contributed by atoms with Crippen molar-refractivity contribution in [1.29, 1.82) is 0 Å². The third-order valence-corrected chi connectivity index (χ3v) is 5.37. The van der Waals surface area contributed by atoms with E-state index in [1.54, 1.807) is 0 Å². The van der Waals surface area contributed by atoms with Crippen molar-refractivity contribution < 1.29 is 4.79 Å². The molecule has 0 aromatic heterocycles. The lowest BCUT2D eigenvalue weighted by molar-refractivity contribution is -0.136. The number of carbonyl (C=O) groups is 1. The van der Waals surface area contributed by atoms with E-state index in [4.69, 9.17) is 0 Å². The van der Waals surface area contributed by atoms with Crippen molar-refractivity contribution in [1.82, 2.24) is 10.2 Å². The predicted molar refractivity (Wildman–Crippen MR) is 85.7 cm³/mol. The summed E-state index contributed by atoms with van der Waals surface area (Å²) in [7, 11) is 0. The molecule has 3 nitrogen and oxygen atoms in total. The van der Waals surface area contributed by atoms with Crippen LogP contribution >= 0.6 is 12.4 Å². The second kappa shape index (κ2) is 5.62. The maximum Gasteiger partial charge on any atom is 0.233 e. The summed E-state index contributed by atoms with van der Waals surface area (Å²) in [5, 5.41) is 3.48. The molecule has 2 atom stereocenters. The summed E-state index contributed by atoms with van der Waals surface area (Å²) in [4.78, 5) is 15.4. The molecule has 0 radical (unpaired) electrons. The van der Waals surface area contributed by atoms with Gasteiger partial charge >= 0.3 is 0 Å². The number of carbonyl (C=O) groups excluding carboxylic acids is 1. The molecular formula is C17H23ClN2O. The van der Waals surface area contributed by atoms with Gasteiger partial charge in [-0.05, 0) is 44.2 Å². The minimum Gasteiger partial charge on any atom is -0.335 e. The van der Waals surface area contributed by atoms with Crippen LogP contribution in [0.2, 0.25) is 0 Å². The molecule has 1 saturated carbocycles. The van der Waals surface area contributed by atoms with Gasteiger partial charge in [0, 0.05) is 18.6 Å². The Bertz CT molecular complexity index is 501. The third-order valence-electron chi connectivity index (χ3n) is 5.37. The number of hydrogen-bond acceptors (Lipinski definition) is 2. The molecule has 0 spiro atoms. The highest BCUT2D eigenvalue weighted by Gasteiger charge is 2.55. The fraction of sp³-hybridized carbons (Fsp3) is 0.588. The van der Waals surface area contributed by atoms with E-state index in [0.717, 1.165) is 32.4 Å². The zero-order valence-electron chi connectivity index (χ0n) is 12.3. The van der Waals surface area contributed by atoms with E-state index in [1.165, 1.54) is 18.4 Å². The fourth-order valence-corrected chi connectivity index (χ4v) is 4.07. The molecule has 114 valence electrons. The van der Waals surface area contributed by atoms with Crippen molar-refractivity contribution in [3.05, 3.63) is 35.9 Å². The molecule has 4 rings (SSSR count). The Kier molecular flexibility index (Phi) is 3.98. The van der Waals surface area contributed by atoms with Crippen LogP contribution in [0.4, 0.5) is 0 Å². The second-order valence-corrected chi connectivity index (χ2v) is 6.54. The first-order valence-corrected chi connectivity index (χ1v) is 7.90. The van der Waals surface area contributed by atoms with Crippen LogP contribution in [0.15, 0.2) is 30.3 Å². The van der Waals surface area contributed by atoms with Gasteiger partial charge in [0.2, 0.25) is 5.91 Å². The predicted octanol–water partition coefficient (Wildman–Crippen LogP) is 2.49. The quantitative estimate of drug-likeness (QED) is 0.910. The molecule has 2 unspecified atom stereocenters. The van der Waals surface area contributed by atoms with Crippen LogP contribution in [0.5, 0.6) is 0 Å². The third kappa shape index (κ3) is 2.36. The Morgan fingerprint density at radius 2 is 1.81 bits per heavy atom. The number of rotatable bonds is 2. The van der Waals surface area contributed by atoms with Gasteiger partial charge in [-0.1, -0.05) is 30.3 Å². The van der Waals surface area contributed by atoms with E-state index in [1.807, 2.05) is 6.07 Å². The largest absolute Gasteiger partial charge is 0.335 e. The average Bonchev–Trinajstić information content (AvgIpc) is 3.21. The van der Waals surface area contributed by atoms with E-state index < -0.39 is 0 Å². The van der Waals surface area contributed by atoms with Crippen LogP contribution in [0.1, 0.15) is 37.7 Å². The number of benzene rings is 1. The van der Waals surface area contributed by atoms with Crippen LogP contribution in [0.3, 0.4) is 0 Å². The summed E-state index contributed by atoms with van der Waals surface area (Å²) in [5.41, 5.74) is 1.04. The second-order valence-electron chi connectivity index (χ2n) is 6.54. The van der Waals surface area contributed by atoms with Crippen molar-refractivity contribution in [2.24, 2.45) is 0 Å². The molecule has 21 heavy (non-hydrogen) atoms. The smallest absolute Gasteiger partial charge is 0.233 e. The number of hydrogen-bond donors (Lipinski definition) is 1. The summed E-state index contributed by atoms with van der Waals surface area (Å²) in [6, 6.07) is 11.3. The van der Waals surface area contributed by atoms with Gasteiger partial charge in [-0.2, -0.15) is 0 Å². The lowest BCUT2D eigenvalue weighted by Crippen LogP contribution is -2.47. The number of halogens is 1. The van der Waals surface area contributed by atoms with Crippen LogP contribution in [0, 0.1) is 0 Å². The maximum atomic E-state index is 13.2. The Labute approximate surface area is 132 Å². The fourth-order valence-electron chi connectivity index (χ4n) is 4.07. The average molecular weight is 307 g/mol. The van der Waals surface area contributed by atoms with Gasteiger partial charge in [0.1, 0.15) is 0 Å². The number of amides is 1. The molecular weight excluding hydrogens is 284 g/mol. The summed E-state index contributed by atoms with van der Waals surface area (Å²) in [5.74, 6) is 0.403. The highest BCUT2D eigenvalue weighted by atomic mass is 35.5. The Morgan fingerprint density at radius 1 is 1.10 bits per heavy atom. The minimum atomic E-state index is -0.188. The monoisotopic (exact) mass is 306 g/mol. The first-order chi connectivity index (χ1) is 9.81. The van der Waals surface area contributed by atoms with Gasteiger partial charge in [0.15, 0.2) is 0 Å². The molecule has 3 aliphatic rings. The molecule has 2 aliphatic heterocycles. The topological polar surface area (TPSA) is 32.3 Å². The number of nitrogens with zero attached hydrogens (tertiary/aromatic N) is 1. The van der Waals surface area contributed by atoms with Crippen molar-refractivity contribution >= 4 is 18.3 Å². The summed E-state index contributed by atoms with van der Waals surface area (Å²) in [6.45, 7) is 2.04. The van der Waals surface area contributed by atoms with Crippen molar-refractivity contribution in [2.75, 3.05) is 13.1 Å². The van der Waals surface area contributed by atoms with E-state index in [-0.39, 0.29) is 17.8 Å². The van der Waals surface area contributed by atoms with E-state index in [0.29, 0.717) is 18.0 Å². The van der Waals surface area contributed by atoms with Gasteiger partial charge in [-0.25, -0.2) is 0 Å². The summed E-state index contributed by atoms with van der Waals surface area (Å²) >= 11 is 0. The minimum absolute atomic E-state index is 0. The molecule has 2 heterocycles. The molecule has 1 aliphatic carbocycles. The first-order valence-electron chi connectivity index (χ1n) is 7.90. The molecule has 4 heteroatoms. The molecule has 1 aromatic carbocycles. The van der Waals surface area contributed by atoms with Gasteiger partial charge < -0.3 is 10.2 Å². The van der Waals surface area contributed by atoms with Gasteiger partial charge in [-0.15, -0.1) is 12.4 Å². The zero-order chi connectivity index (χ0) is 13.6. The van der Waals surface area contributed by atoms with Crippen LogP contribution in [-0.4, -0.2) is 36.0 Å². The van der Waals surface area contributed by atoms with Crippen LogP contribution in [-0.2, 0) is 10.2 Å². The lowest BCUT2D eigenvalue weighted by Gasteiger charge is -2.32. The number of fused-ring (bicyclic) bond motifs is 2. The van der Waals surface area contributed by atoms with E-state index in [9.17, 15) is 4.79 Å². The summed E-state index contributed by atoms with van der Waals surface area (Å²) < 4.78 is 0. The molecule has 2 bridgehead atoms. The number of nitrogens with one attached hydrogen (secondary N) is 1. The Morgan fingerprint density at radius 3 is 2.52 bits per heavy atom. The normalized spacial score (nSPS) is 29.4. The zero-order valence-corrected chi connectivity index (χ0v) is 13.1. The SMILES string of the molecule is Cl.O=C(N1C2CCNCC1CC2)C1(c2ccccc2)CC1. The Hall–Kier alpha value is -1.06. The van der Waals surface area contributed by atoms with Gasteiger partial charge in [0.25, 0.3) is 0 Å².